The lowest BCUT2D eigenvalue weighted by atomic mass is 10.4. The molecule has 0 atom stereocenters. The van der Waals surface area contributed by atoms with E-state index in [1.807, 2.05) is 17.8 Å². The molecule has 0 aromatic carbocycles. The Labute approximate surface area is 97.4 Å². The zero-order valence-corrected chi connectivity index (χ0v) is 10.4. The lowest BCUT2D eigenvalue weighted by Crippen LogP contribution is -2.36. The number of ether oxygens (including phenoxy) is 1. The Kier molecular flexibility index (Phi) is 6.81. The fourth-order valence-corrected chi connectivity index (χ4v) is 2.35. The number of allylic oxidation sites excluding steroid dienone is 3. The van der Waals surface area contributed by atoms with Crippen molar-refractivity contribution >= 4 is 11.8 Å². The van der Waals surface area contributed by atoms with Gasteiger partial charge in [0.05, 0.1) is 13.2 Å². The minimum atomic E-state index is 0.905. The van der Waals surface area contributed by atoms with Crippen LogP contribution in [0.3, 0.4) is 0 Å². The van der Waals surface area contributed by atoms with Gasteiger partial charge in [-0.05, 0) is 30.5 Å². The number of hydrogen-bond donors (Lipinski definition) is 0. The minimum Gasteiger partial charge on any atom is -0.379 e. The molecule has 0 aliphatic carbocycles. The second kappa shape index (κ2) is 7.97. The summed E-state index contributed by atoms with van der Waals surface area (Å²) in [4.78, 5) is 3.84. The quantitative estimate of drug-likeness (QED) is 0.511. The summed E-state index contributed by atoms with van der Waals surface area (Å²) in [5, 5.41) is 0. The summed E-state index contributed by atoms with van der Waals surface area (Å²) in [6.07, 6.45) is 5.18. The van der Waals surface area contributed by atoms with Crippen molar-refractivity contribution in [1.29, 1.82) is 0 Å². The smallest absolute Gasteiger partial charge is 0.0594 e. The van der Waals surface area contributed by atoms with E-state index in [0.717, 1.165) is 26.3 Å². The standard InChI is InChI=1S/C12H21NOS/c1-3-5-12(2)15-11-4-6-13-7-9-14-10-8-13/h3,5H,1,4,6-11H2,2H3/b12-5+. The van der Waals surface area contributed by atoms with Crippen LogP contribution in [0.1, 0.15) is 13.3 Å². The van der Waals surface area contributed by atoms with Crippen molar-refractivity contribution in [3.63, 3.8) is 0 Å². The molecule has 0 saturated carbocycles. The first-order valence-corrected chi connectivity index (χ1v) is 6.53. The molecule has 0 unspecified atom stereocenters. The van der Waals surface area contributed by atoms with Gasteiger partial charge in [-0.15, -0.1) is 11.8 Å². The average Bonchev–Trinajstić information content (AvgIpc) is 2.26. The highest BCUT2D eigenvalue weighted by atomic mass is 32.2. The van der Waals surface area contributed by atoms with E-state index >= 15 is 0 Å². The van der Waals surface area contributed by atoms with E-state index in [4.69, 9.17) is 4.74 Å². The van der Waals surface area contributed by atoms with E-state index in [9.17, 15) is 0 Å². The van der Waals surface area contributed by atoms with Crippen molar-refractivity contribution in [3.05, 3.63) is 23.6 Å². The lowest BCUT2D eigenvalue weighted by molar-refractivity contribution is 0.0381. The van der Waals surface area contributed by atoms with E-state index in [-0.39, 0.29) is 0 Å². The lowest BCUT2D eigenvalue weighted by Gasteiger charge is -2.26. The van der Waals surface area contributed by atoms with Gasteiger partial charge in [0.1, 0.15) is 0 Å². The Morgan fingerprint density at radius 3 is 2.87 bits per heavy atom. The molecule has 0 amide bonds. The first-order chi connectivity index (χ1) is 7.33. The molecule has 0 spiro atoms. The van der Waals surface area contributed by atoms with Crippen LogP contribution in [-0.4, -0.2) is 43.5 Å². The van der Waals surface area contributed by atoms with Gasteiger partial charge >= 0.3 is 0 Å². The molecule has 0 N–H and O–H groups in total. The van der Waals surface area contributed by atoms with Crippen LogP contribution in [0.2, 0.25) is 0 Å². The number of nitrogens with zero attached hydrogens (tertiary/aromatic N) is 1. The molecule has 1 heterocycles. The number of thioether (sulfide) groups is 1. The molecule has 0 aromatic heterocycles. The molecule has 0 radical (unpaired) electrons. The Bertz CT molecular complexity index is 210. The van der Waals surface area contributed by atoms with Crippen molar-refractivity contribution in [1.82, 2.24) is 4.90 Å². The molecule has 1 rings (SSSR count). The summed E-state index contributed by atoms with van der Waals surface area (Å²) in [7, 11) is 0. The van der Waals surface area contributed by atoms with Crippen LogP contribution in [0.25, 0.3) is 0 Å². The van der Waals surface area contributed by atoms with Gasteiger partial charge in [0.15, 0.2) is 0 Å². The normalized spacial score (nSPS) is 19.1. The maximum absolute atomic E-state index is 5.31. The van der Waals surface area contributed by atoms with Crippen molar-refractivity contribution < 1.29 is 4.74 Å². The van der Waals surface area contributed by atoms with Crippen LogP contribution in [0, 0.1) is 0 Å². The molecule has 1 fully saturated rings. The van der Waals surface area contributed by atoms with E-state index in [1.165, 1.54) is 23.6 Å². The van der Waals surface area contributed by atoms with Crippen LogP contribution in [0.4, 0.5) is 0 Å². The van der Waals surface area contributed by atoms with Gasteiger partial charge in [-0.3, -0.25) is 4.90 Å². The molecule has 15 heavy (non-hydrogen) atoms. The van der Waals surface area contributed by atoms with Crippen LogP contribution >= 0.6 is 11.8 Å². The van der Waals surface area contributed by atoms with E-state index < -0.39 is 0 Å². The van der Waals surface area contributed by atoms with Crippen molar-refractivity contribution in [2.45, 2.75) is 13.3 Å². The zero-order chi connectivity index (χ0) is 10.9. The molecule has 3 heteroatoms. The highest BCUT2D eigenvalue weighted by molar-refractivity contribution is 8.03. The van der Waals surface area contributed by atoms with Crippen LogP contribution in [0.5, 0.6) is 0 Å². The molecular formula is C12H21NOS. The Morgan fingerprint density at radius 1 is 1.47 bits per heavy atom. The van der Waals surface area contributed by atoms with Crippen LogP contribution in [0.15, 0.2) is 23.6 Å². The van der Waals surface area contributed by atoms with Crippen molar-refractivity contribution in [3.8, 4) is 0 Å². The Hall–Kier alpha value is -0.250. The van der Waals surface area contributed by atoms with Gasteiger partial charge in [-0.1, -0.05) is 18.7 Å². The second-order valence-electron chi connectivity index (χ2n) is 3.67. The fourth-order valence-electron chi connectivity index (χ4n) is 1.56. The molecule has 1 aliphatic heterocycles. The third-order valence-electron chi connectivity index (χ3n) is 2.40. The largest absolute Gasteiger partial charge is 0.379 e. The third-order valence-corrected chi connectivity index (χ3v) is 3.49. The topological polar surface area (TPSA) is 12.5 Å². The van der Waals surface area contributed by atoms with Gasteiger partial charge in [0.2, 0.25) is 0 Å². The van der Waals surface area contributed by atoms with Crippen molar-refractivity contribution in [2.75, 3.05) is 38.6 Å². The highest BCUT2D eigenvalue weighted by Gasteiger charge is 2.08. The first kappa shape index (κ1) is 12.8. The zero-order valence-electron chi connectivity index (χ0n) is 9.58. The second-order valence-corrected chi connectivity index (χ2v) is 5.01. The maximum atomic E-state index is 5.31. The fraction of sp³-hybridized carbons (Fsp3) is 0.667. The van der Waals surface area contributed by atoms with E-state index in [0.29, 0.717) is 0 Å². The molecule has 1 aliphatic rings. The van der Waals surface area contributed by atoms with E-state index in [2.05, 4.69) is 24.5 Å². The van der Waals surface area contributed by atoms with Crippen LogP contribution < -0.4 is 0 Å². The van der Waals surface area contributed by atoms with Gasteiger partial charge in [0, 0.05) is 13.1 Å². The average molecular weight is 227 g/mol. The van der Waals surface area contributed by atoms with Crippen LogP contribution in [-0.2, 0) is 4.74 Å². The van der Waals surface area contributed by atoms with Gasteiger partial charge in [-0.2, -0.15) is 0 Å². The minimum absolute atomic E-state index is 0.905. The third kappa shape index (κ3) is 6.03. The summed E-state index contributed by atoms with van der Waals surface area (Å²) >= 11 is 1.92. The van der Waals surface area contributed by atoms with Gasteiger partial charge in [-0.25, -0.2) is 0 Å². The Morgan fingerprint density at radius 2 is 2.20 bits per heavy atom. The maximum Gasteiger partial charge on any atom is 0.0594 e. The summed E-state index contributed by atoms with van der Waals surface area (Å²) in [6.45, 7) is 11.1. The molecule has 0 bridgehead atoms. The highest BCUT2D eigenvalue weighted by Crippen LogP contribution is 2.15. The summed E-state index contributed by atoms with van der Waals surface area (Å²) < 4.78 is 5.31. The van der Waals surface area contributed by atoms with Gasteiger partial charge < -0.3 is 4.74 Å². The summed E-state index contributed by atoms with van der Waals surface area (Å²) in [6, 6.07) is 0. The number of hydrogen-bond acceptors (Lipinski definition) is 3. The van der Waals surface area contributed by atoms with E-state index in [1.54, 1.807) is 0 Å². The first-order valence-electron chi connectivity index (χ1n) is 5.55. The molecule has 0 aromatic rings. The predicted molar refractivity (Wildman–Crippen MR) is 68.3 cm³/mol. The number of rotatable bonds is 6. The molecular weight excluding hydrogens is 206 g/mol. The molecule has 2 nitrogen and oxygen atoms in total. The summed E-state index contributed by atoms with van der Waals surface area (Å²) in [5.74, 6) is 1.20. The SMILES string of the molecule is C=C/C=C(\C)SCCCN1CCOCC1. The van der Waals surface area contributed by atoms with Gasteiger partial charge in [0.25, 0.3) is 0 Å². The Balaban J connectivity index is 2.00. The predicted octanol–water partition coefficient (Wildman–Crippen LogP) is 2.53. The van der Waals surface area contributed by atoms with Crippen molar-refractivity contribution in [2.24, 2.45) is 0 Å². The molecule has 1 saturated heterocycles. The molecule has 86 valence electrons. The summed E-state index contributed by atoms with van der Waals surface area (Å²) in [5.41, 5.74) is 0. The monoisotopic (exact) mass is 227 g/mol. The number of morpholine rings is 1.